The Morgan fingerprint density at radius 2 is 2.17 bits per heavy atom. The van der Waals surface area contributed by atoms with Gasteiger partial charge in [0.1, 0.15) is 0 Å². The number of benzene rings is 1. The molecule has 0 bridgehead atoms. The van der Waals surface area contributed by atoms with E-state index in [1.54, 1.807) is 7.05 Å². The number of guanidine groups is 1. The van der Waals surface area contributed by atoms with Gasteiger partial charge in [-0.15, -0.1) is 0 Å². The summed E-state index contributed by atoms with van der Waals surface area (Å²) in [5, 5.41) is 6.68. The van der Waals surface area contributed by atoms with E-state index in [0.29, 0.717) is 12.5 Å². The summed E-state index contributed by atoms with van der Waals surface area (Å²) < 4.78 is 0. The van der Waals surface area contributed by atoms with Crippen molar-refractivity contribution in [2.45, 2.75) is 38.6 Å². The molecule has 5 heteroatoms. The number of nitrogens with one attached hydrogen (secondary N) is 2. The number of fused-ring (bicyclic) bond motifs is 1. The maximum Gasteiger partial charge on any atom is 0.227 e. The van der Waals surface area contributed by atoms with Crippen molar-refractivity contribution in [1.82, 2.24) is 10.6 Å². The van der Waals surface area contributed by atoms with Crippen molar-refractivity contribution in [1.29, 1.82) is 0 Å². The van der Waals surface area contributed by atoms with Gasteiger partial charge in [-0.3, -0.25) is 9.79 Å². The first-order valence-corrected chi connectivity index (χ1v) is 8.54. The van der Waals surface area contributed by atoms with Crippen LogP contribution in [0, 0.1) is 5.92 Å². The number of para-hydroxylation sites is 1. The molecule has 124 valence electrons. The van der Waals surface area contributed by atoms with Crippen molar-refractivity contribution in [3.63, 3.8) is 0 Å². The minimum Gasteiger partial charge on any atom is -0.356 e. The molecule has 1 saturated carbocycles. The van der Waals surface area contributed by atoms with Gasteiger partial charge in [0.15, 0.2) is 5.96 Å². The quantitative estimate of drug-likeness (QED) is 0.496. The lowest BCUT2D eigenvalue weighted by atomic mass is 10.2. The first kappa shape index (κ1) is 15.8. The lowest BCUT2D eigenvalue weighted by molar-refractivity contribution is -0.118. The van der Waals surface area contributed by atoms with Crippen LogP contribution in [0.5, 0.6) is 0 Å². The van der Waals surface area contributed by atoms with Gasteiger partial charge < -0.3 is 15.5 Å². The summed E-state index contributed by atoms with van der Waals surface area (Å²) in [6.07, 6.45) is 3.57. The number of hydrogen-bond acceptors (Lipinski definition) is 2. The van der Waals surface area contributed by atoms with Crippen LogP contribution in [0.1, 0.15) is 31.7 Å². The summed E-state index contributed by atoms with van der Waals surface area (Å²) >= 11 is 0. The Balaban J connectivity index is 1.40. The topological polar surface area (TPSA) is 56.7 Å². The Morgan fingerprint density at radius 3 is 2.91 bits per heavy atom. The Labute approximate surface area is 138 Å². The van der Waals surface area contributed by atoms with Gasteiger partial charge in [-0.05, 0) is 36.8 Å². The molecule has 23 heavy (non-hydrogen) atoms. The molecule has 1 heterocycles. The second-order valence-corrected chi connectivity index (χ2v) is 6.49. The van der Waals surface area contributed by atoms with E-state index in [1.807, 2.05) is 23.1 Å². The van der Waals surface area contributed by atoms with Crippen LogP contribution in [0.3, 0.4) is 0 Å². The maximum atomic E-state index is 12.4. The molecular formula is C18H26N4O. The van der Waals surface area contributed by atoms with E-state index >= 15 is 0 Å². The SMILES string of the molecule is CN=C(NCCCC(=O)N1CCc2ccccc21)NC1CC1C. The van der Waals surface area contributed by atoms with Gasteiger partial charge in [-0.25, -0.2) is 0 Å². The van der Waals surface area contributed by atoms with E-state index in [4.69, 9.17) is 0 Å². The lowest BCUT2D eigenvalue weighted by Gasteiger charge is -2.17. The van der Waals surface area contributed by atoms with Gasteiger partial charge >= 0.3 is 0 Å². The van der Waals surface area contributed by atoms with E-state index in [2.05, 4.69) is 28.6 Å². The molecule has 1 aliphatic heterocycles. The molecule has 1 aromatic carbocycles. The molecule has 2 atom stereocenters. The summed E-state index contributed by atoms with van der Waals surface area (Å²) in [6.45, 7) is 3.81. The predicted molar refractivity (Wildman–Crippen MR) is 93.8 cm³/mol. The molecule has 0 saturated heterocycles. The fraction of sp³-hybridized carbons (Fsp3) is 0.556. The highest BCUT2D eigenvalue weighted by atomic mass is 16.2. The third-order valence-corrected chi connectivity index (χ3v) is 4.70. The molecule has 1 aromatic rings. The van der Waals surface area contributed by atoms with Crippen LogP contribution in [0.4, 0.5) is 5.69 Å². The van der Waals surface area contributed by atoms with Crippen molar-refractivity contribution >= 4 is 17.6 Å². The molecular weight excluding hydrogens is 288 g/mol. The van der Waals surface area contributed by atoms with Crippen LogP contribution < -0.4 is 15.5 Å². The smallest absolute Gasteiger partial charge is 0.227 e. The highest BCUT2D eigenvalue weighted by Crippen LogP contribution is 2.29. The first-order valence-electron chi connectivity index (χ1n) is 8.54. The summed E-state index contributed by atoms with van der Waals surface area (Å²) in [5.41, 5.74) is 2.37. The summed E-state index contributed by atoms with van der Waals surface area (Å²) in [5.74, 6) is 1.80. The molecule has 0 aromatic heterocycles. The molecule has 5 nitrogen and oxygen atoms in total. The zero-order chi connectivity index (χ0) is 16.2. The predicted octanol–water partition coefficient (Wildman–Crippen LogP) is 1.93. The summed E-state index contributed by atoms with van der Waals surface area (Å²) in [6, 6.07) is 8.75. The van der Waals surface area contributed by atoms with Crippen molar-refractivity contribution in [2.75, 3.05) is 25.0 Å². The number of carbonyl (C=O) groups excluding carboxylic acids is 1. The van der Waals surface area contributed by atoms with Crippen molar-refractivity contribution < 1.29 is 4.79 Å². The Kier molecular flexibility index (Phi) is 4.84. The minimum absolute atomic E-state index is 0.218. The van der Waals surface area contributed by atoms with Crippen molar-refractivity contribution in [2.24, 2.45) is 10.9 Å². The number of hydrogen-bond donors (Lipinski definition) is 2. The standard InChI is InChI=1S/C18H26N4O/c1-13-12-15(13)21-18(19-2)20-10-5-8-17(23)22-11-9-14-6-3-4-7-16(14)22/h3-4,6-7,13,15H,5,8-12H2,1-2H3,(H2,19,20,21). The molecule has 1 amide bonds. The van der Waals surface area contributed by atoms with Crippen LogP contribution in [0.15, 0.2) is 29.3 Å². The minimum atomic E-state index is 0.218. The number of carbonyl (C=O) groups is 1. The second-order valence-electron chi connectivity index (χ2n) is 6.49. The van der Waals surface area contributed by atoms with E-state index in [9.17, 15) is 4.79 Å². The fourth-order valence-electron chi connectivity index (χ4n) is 3.07. The zero-order valence-corrected chi connectivity index (χ0v) is 14.0. The summed E-state index contributed by atoms with van der Waals surface area (Å²) in [4.78, 5) is 18.6. The average Bonchev–Trinajstić information content (AvgIpc) is 3.09. The number of nitrogens with zero attached hydrogens (tertiary/aromatic N) is 2. The molecule has 2 N–H and O–H groups in total. The number of aliphatic imine (C=N–C) groups is 1. The van der Waals surface area contributed by atoms with Crippen molar-refractivity contribution in [3.8, 4) is 0 Å². The fourth-order valence-corrected chi connectivity index (χ4v) is 3.07. The van der Waals surface area contributed by atoms with Crippen molar-refractivity contribution in [3.05, 3.63) is 29.8 Å². The van der Waals surface area contributed by atoms with Crippen LogP contribution in [-0.2, 0) is 11.2 Å². The third-order valence-electron chi connectivity index (χ3n) is 4.70. The highest BCUT2D eigenvalue weighted by molar-refractivity contribution is 5.95. The second kappa shape index (κ2) is 7.02. The van der Waals surface area contributed by atoms with E-state index < -0.39 is 0 Å². The van der Waals surface area contributed by atoms with Crippen LogP contribution >= 0.6 is 0 Å². The molecule has 0 radical (unpaired) electrons. The van der Waals surface area contributed by atoms with Gasteiger partial charge in [0, 0.05) is 38.3 Å². The van der Waals surface area contributed by atoms with Crippen LogP contribution in [0.2, 0.25) is 0 Å². The number of anilines is 1. The number of rotatable bonds is 5. The molecule has 2 unspecified atom stereocenters. The summed E-state index contributed by atoms with van der Waals surface area (Å²) in [7, 11) is 1.79. The lowest BCUT2D eigenvalue weighted by Crippen LogP contribution is -2.39. The Bertz CT molecular complexity index is 598. The molecule has 3 rings (SSSR count). The molecule has 2 aliphatic rings. The van der Waals surface area contributed by atoms with E-state index in [0.717, 1.165) is 43.5 Å². The zero-order valence-electron chi connectivity index (χ0n) is 14.0. The highest BCUT2D eigenvalue weighted by Gasteiger charge is 2.33. The Morgan fingerprint density at radius 1 is 1.39 bits per heavy atom. The average molecular weight is 314 g/mol. The van der Waals surface area contributed by atoms with Gasteiger partial charge in [-0.1, -0.05) is 25.1 Å². The van der Waals surface area contributed by atoms with Gasteiger partial charge in [0.2, 0.25) is 5.91 Å². The third kappa shape index (κ3) is 3.84. The van der Waals surface area contributed by atoms with Gasteiger partial charge in [-0.2, -0.15) is 0 Å². The molecule has 0 spiro atoms. The van der Waals surface area contributed by atoms with Gasteiger partial charge in [0.25, 0.3) is 0 Å². The number of amides is 1. The van der Waals surface area contributed by atoms with Crippen LogP contribution in [-0.4, -0.2) is 38.0 Å². The normalized spacial score (nSPS) is 22.7. The molecule has 1 fully saturated rings. The van der Waals surface area contributed by atoms with E-state index in [1.165, 1.54) is 12.0 Å². The largest absolute Gasteiger partial charge is 0.356 e. The first-order chi connectivity index (χ1) is 11.2. The van der Waals surface area contributed by atoms with Crippen LogP contribution in [0.25, 0.3) is 0 Å². The monoisotopic (exact) mass is 314 g/mol. The molecule has 1 aliphatic carbocycles. The Hall–Kier alpha value is -2.04. The van der Waals surface area contributed by atoms with E-state index in [-0.39, 0.29) is 5.91 Å². The maximum absolute atomic E-state index is 12.4. The van der Waals surface area contributed by atoms with Gasteiger partial charge in [0.05, 0.1) is 0 Å².